The van der Waals surface area contributed by atoms with E-state index in [0.29, 0.717) is 6.54 Å². The molecule has 0 heterocycles. The maximum Gasteiger partial charge on any atom is 0.0713 e. The van der Waals surface area contributed by atoms with Crippen LogP contribution in [0.1, 0.15) is 46.5 Å². The Bertz CT molecular complexity index is 173. The molecule has 0 spiro atoms. The second-order valence-electron chi connectivity index (χ2n) is 4.93. The van der Waals surface area contributed by atoms with Crippen molar-refractivity contribution >= 4 is 0 Å². The number of hydrogen-bond donors (Lipinski definition) is 2. The average molecular weight is 185 g/mol. The zero-order valence-electron chi connectivity index (χ0n) is 9.14. The van der Waals surface area contributed by atoms with Gasteiger partial charge >= 0.3 is 0 Å². The first kappa shape index (κ1) is 11.0. The van der Waals surface area contributed by atoms with Crippen molar-refractivity contribution in [1.82, 2.24) is 0 Å². The van der Waals surface area contributed by atoms with Crippen LogP contribution in [0.15, 0.2) is 0 Å². The first-order valence-electron chi connectivity index (χ1n) is 5.40. The van der Waals surface area contributed by atoms with Crippen LogP contribution in [0.3, 0.4) is 0 Å². The first-order valence-corrected chi connectivity index (χ1v) is 5.40. The minimum absolute atomic E-state index is 0.145. The van der Waals surface area contributed by atoms with Crippen LogP contribution >= 0.6 is 0 Å². The molecule has 3 N–H and O–H groups in total. The summed E-state index contributed by atoms with van der Waals surface area (Å²) in [7, 11) is 0. The van der Waals surface area contributed by atoms with Crippen molar-refractivity contribution in [3.63, 3.8) is 0 Å². The highest BCUT2D eigenvalue weighted by Crippen LogP contribution is 2.56. The molecule has 0 aliphatic heterocycles. The molecule has 0 aromatic heterocycles. The zero-order chi connectivity index (χ0) is 10.1. The molecular formula is C11H23NO. The van der Waals surface area contributed by atoms with Gasteiger partial charge in [-0.25, -0.2) is 0 Å². The highest BCUT2D eigenvalue weighted by atomic mass is 16.3. The first-order chi connectivity index (χ1) is 5.98. The van der Waals surface area contributed by atoms with Crippen molar-refractivity contribution in [2.24, 2.45) is 17.1 Å². The third kappa shape index (κ3) is 1.89. The van der Waals surface area contributed by atoms with Gasteiger partial charge in [0.25, 0.3) is 0 Å². The molecule has 2 heteroatoms. The lowest BCUT2D eigenvalue weighted by Crippen LogP contribution is -2.45. The molecule has 78 valence electrons. The monoisotopic (exact) mass is 185 g/mol. The van der Waals surface area contributed by atoms with E-state index in [1.165, 1.54) is 0 Å². The predicted octanol–water partition coefficient (Wildman–Crippen LogP) is 1.91. The lowest BCUT2D eigenvalue weighted by atomic mass is 9.75. The Labute approximate surface area is 81.5 Å². The van der Waals surface area contributed by atoms with E-state index < -0.39 is 5.60 Å². The highest BCUT2D eigenvalue weighted by Gasteiger charge is 2.54. The van der Waals surface area contributed by atoms with Crippen molar-refractivity contribution in [2.45, 2.75) is 52.1 Å². The molecule has 2 atom stereocenters. The molecule has 2 unspecified atom stereocenters. The Hall–Kier alpha value is -0.0800. The fourth-order valence-corrected chi connectivity index (χ4v) is 2.16. The van der Waals surface area contributed by atoms with Gasteiger partial charge in [-0.1, -0.05) is 20.3 Å². The van der Waals surface area contributed by atoms with Crippen molar-refractivity contribution < 1.29 is 5.11 Å². The van der Waals surface area contributed by atoms with E-state index in [9.17, 15) is 5.11 Å². The third-order valence-corrected chi connectivity index (χ3v) is 3.94. The van der Waals surface area contributed by atoms with Crippen LogP contribution in [0.5, 0.6) is 0 Å². The predicted molar refractivity (Wildman–Crippen MR) is 55.4 cm³/mol. The summed E-state index contributed by atoms with van der Waals surface area (Å²) in [5.41, 5.74) is 5.30. The van der Waals surface area contributed by atoms with E-state index in [1.54, 1.807) is 0 Å². The highest BCUT2D eigenvalue weighted by molar-refractivity contribution is 5.06. The molecule has 0 bridgehead atoms. The topological polar surface area (TPSA) is 46.2 Å². The molecule has 0 radical (unpaired) electrons. The second-order valence-corrected chi connectivity index (χ2v) is 4.93. The average Bonchev–Trinajstić information content (AvgIpc) is 2.80. The fraction of sp³-hybridized carbons (Fsp3) is 1.00. The Morgan fingerprint density at radius 2 is 2.08 bits per heavy atom. The van der Waals surface area contributed by atoms with E-state index in [2.05, 4.69) is 13.8 Å². The number of aliphatic hydroxyl groups is 1. The molecule has 1 rings (SSSR count). The van der Waals surface area contributed by atoms with Crippen LogP contribution in [0.25, 0.3) is 0 Å². The van der Waals surface area contributed by atoms with E-state index in [0.717, 1.165) is 25.7 Å². The summed E-state index contributed by atoms with van der Waals surface area (Å²) in [5, 5.41) is 10.4. The van der Waals surface area contributed by atoms with Crippen molar-refractivity contribution in [3.8, 4) is 0 Å². The molecule has 1 aliphatic carbocycles. The summed E-state index contributed by atoms with van der Waals surface area (Å²) in [6.07, 6.45) is 4.45. The molecule has 0 amide bonds. The van der Waals surface area contributed by atoms with Gasteiger partial charge in [-0.15, -0.1) is 0 Å². The maximum absolute atomic E-state index is 10.4. The van der Waals surface area contributed by atoms with E-state index in [-0.39, 0.29) is 11.3 Å². The molecule has 1 aliphatic rings. The van der Waals surface area contributed by atoms with Crippen LogP contribution in [0, 0.1) is 11.3 Å². The smallest absolute Gasteiger partial charge is 0.0713 e. The minimum atomic E-state index is -0.558. The van der Waals surface area contributed by atoms with Crippen LogP contribution < -0.4 is 5.73 Å². The normalized spacial score (nSPS) is 26.5. The van der Waals surface area contributed by atoms with E-state index >= 15 is 0 Å². The molecule has 0 aromatic rings. The minimum Gasteiger partial charge on any atom is -0.389 e. The van der Waals surface area contributed by atoms with Crippen LogP contribution in [0.4, 0.5) is 0 Å². The van der Waals surface area contributed by atoms with Gasteiger partial charge in [0, 0.05) is 5.92 Å². The summed E-state index contributed by atoms with van der Waals surface area (Å²) >= 11 is 0. The molecule has 2 nitrogen and oxygen atoms in total. The Morgan fingerprint density at radius 1 is 1.54 bits per heavy atom. The summed E-state index contributed by atoms with van der Waals surface area (Å²) < 4.78 is 0. The van der Waals surface area contributed by atoms with Gasteiger partial charge in [0.15, 0.2) is 0 Å². The SMILES string of the molecule is CCCC(CN)C(C)(O)C1(C)CC1. The van der Waals surface area contributed by atoms with Crippen LogP contribution in [-0.4, -0.2) is 17.3 Å². The zero-order valence-corrected chi connectivity index (χ0v) is 9.14. The van der Waals surface area contributed by atoms with Gasteiger partial charge in [0.1, 0.15) is 0 Å². The summed E-state index contributed by atoms with van der Waals surface area (Å²) in [5.74, 6) is 0.269. The largest absolute Gasteiger partial charge is 0.389 e. The standard InChI is InChI=1S/C11H23NO/c1-4-5-9(8-12)11(3,13)10(2)6-7-10/h9,13H,4-8,12H2,1-3H3. The molecule has 1 fully saturated rings. The summed E-state index contributed by atoms with van der Waals surface area (Å²) in [6.45, 7) is 6.89. The summed E-state index contributed by atoms with van der Waals surface area (Å²) in [4.78, 5) is 0. The van der Waals surface area contributed by atoms with Crippen molar-refractivity contribution in [1.29, 1.82) is 0 Å². The van der Waals surface area contributed by atoms with Gasteiger partial charge in [-0.2, -0.15) is 0 Å². The van der Waals surface area contributed by atoms with Crippen LogP contribution in [-0.2, 0) is 0 Å². The number of hydrogen-bond acceptors (Lipinski definition) is 2. The Morgan fingerprint density at radius 3 is 2.38 bits per heavy atom. The molecule has 0 saturated heterocycles. The van der Waals surface area contributed by atoms with Gasteiger partial charge in [-0.3, -0.25) is 0 Å². The van der Waals surface area contributed by atoms with Gasteiger partial charge < -0.3 is 10.8 Å². The molecule has 1 saturated carbocycles. The quantitative estimate of drug-likeness (QED) is 0.687. The van der Waals surface area contributed by atoms with Crippen molar-refractivity contribution in [2.75, 3.05) is 6.54 Å². The van der Waals surface area contributed by atoms with Gasteiger partial charge in [0.2, 0.25) is 0 Å². The lowest BCUT2D eigenvalue weighted by Gasteiger charge is -2.38. The Balaban J connectivity index is 2.64. The third-order valence-electron chi connectivity index (χ3n) is 3.94. The van der Waals surface area contributed by atoms with Crippen LogP contribution in [0.2, 0.25) is 0 Å². The number of rotatable bonds is 5. The van der Waals surface area contributed by atoms with Gasteiger partial charge in [0.05, 0.1) is 5.60 Å². The van der Waals surface area contributed by atoms with E-state index in [1.807, 2.05) is 6.92 Å². The second kappa shape index (κ2) is 3.58. The Kier molecular flexibility index (Phi) is 3.03. The maximum atomic E-state index is 10.4. The number of nitrogens with two attached hydrogens (primary N) is 1. The fourth-order valence-electron chi connectivity index (χ4n) is 2.16. The van der Waals surface area contributed by atoms with Gasteiger partial charge in [-0.05, 0) is 38.1 Å². The molecule has 0 aromatic carbocycles. The molecular weight excluding hydrogens is 162 g/mol. The van der Waals surface area contributed by atoms with Crippen molar-refractivity contribution in [3.05, 3.63) is 0 Å². The summed E-state index contributed by atoms with van der Waals surface area (Å²) in [6, 6.07) is 0. The molecule has 13 heavy (non-hydrogen) atoms. The lowest BCUT2D eigenvalue weighted by molar-refractivity contribution is -0.0603. The van der Waals surface area contributed by atoms with E-state index in [4.69, 9.17) is 5.73 Å².